The number of aromatic nitrogens is 1. The number of carbonyl (C=O) groups is 1. The van der Waals surface area contributed by atoms with E-state index >= 15 is 0 Å². The Morgan fingerprint density at radius 3 is 2.35 bits per heavy atom. The Bertz CT molecular complexity index is 668. The summed E-state index contributed by atoms with van der Waals surface area (Å²) < 4.78 is 13.5. The van der Waals surface area contributed by atoms with Crippen molar-refractivity contribution in [3.8, 4) is 11.3 Å². The van der Waals surface area contributed by atoms with Gasteiger partial charge in [0.25, 0.3) is 0 Å². The molecule has 0 amide bonds. The lowest BCUT2D eigenvalue weighted by atomic mass is 10.1. The van der Waals surface area contributed by atoms with E-state index in [-0.39, 0.29) is 20.8 Å². The van der Waals surface area contributed by atoms with Gasteiger partial charge in [0.2, 0.25) is 0 Å². The lowest BCUT2D eigenvalue weighted by molar-refractivity contribution is -0.136. The molecule has 0 aliphatic heterocycles. The first-order valence-electron chi connectivity index (χ1n) is 5.40. The third-order valence-corrected chi connectivity index (χ3v) is 3.71. The number of hydrogen-bond acceptors (Lipinski definition) is 2. The summed E-state index contributed by atoms with van der Waals surface area (Å²) in [4.78, 5) is 14.6. The van der Waals surface area contributed by atoms with E-state index in [0.717, 1.165) is 6.07 Å². The van der Waals surface area contributed by atoms with E-state index in [4.69, 9.17) is 39.9 Å². The number of rotatable bonds is 3. The minimum absolute atomic E-state index is 0.155. The quantitative estimate of drug-likeness (QED) is 0.842. The summed E-state index contributed by atoms with van der Waals surface area (Å²) >= 11 is 17.7. The van der Waals surface area contributed by atoms with Crippen LogP contribution in [0.2, 0.25) is 15.1 Å². The van der Waals surface area contributed by atoms with Crippen molar-refractivity contribution in [1.82, 2.24) is 4.98 Å². The Labute approximate surface area is 128 Å². The predicted molar refractivity (Wildman–Crippen MR) is 76.0 cm³/mol. The van der Waals surface area contributed by atoms with Crippen LogP contribution in [-0.2, 0) is 11.2 Å². The summed E-state index contributed by atoms with van der Waals surface area (Å²) in [6.45, 7) is 0. The van der Waals surface area contributed by atoms with Gasteiger partial charge in [-0.3, -0.25) is 4.79 Å². The highest BCUT2D eigenvalue weighted by molar-refractivity contribution is 6.48. The largest absolute Gasteiger partial charge is 0.481 e. The number of halogens is 4. The van der Waals surface area contributed by atoms with E-state index in [1.807, 2.05) is 0 Å². The lowest BCUT2D eigenvalue weighted by Gasteiger charge is -2.07. The molecule has 0 unspecified atom stereocenters. The Kier molecular flexibility index (Phi) is 4.48. The fourth-order valence-corrected chi connectivity index (χ4v) is 2.21. The van der Waals surface area contributed by atoms with Crippen LogP contribution in [0.4, 0.5) is 4.39 Å². The summed E-state index contributed by atoms with van der Waals surface area (Å²) in [7, 11) is 0. The van der Waals surface area contributed by atoms with Crippen LogP contribution in [0.15, 0.2) is 24.3 Å². The maximum absolute atomic E-state index is 13.5. The minimum Gasteiger partial charge on any atom is -0.481 e. The van der Waals surface area contributed by atoms with E-state index < -0.39 is 18.2 Å². The molecule has 0 atom stereocenters. The molecule has 3 nitrogen and oxygen atoms in total. The fourth-order valence-electron chi connectivity index (χ4n) is 1.62. The average Bonchev–Trinajstić information content (AvgIpc) is 2.37. The van der Waals surface area contributed by atoms with Crippen molar-refractivity contribution in [2.45, 2.75) is 6.42 Å². The van der Waals surface area contributed by atoms with Gasteiger partial charge in [0, 0.05) is 5.56 Å². The first-order chi connectivity index (χ1) is 9.38. The Balaban J connectivity index is 2.50. The molecule has 1 aromatic heterocycles. The van der Waals surface area contributed by atoms with E-state index in [9.17, 15) is 9.18 Å². The van der Waals surface area contributed by atoms with Crippen LogP contribution in [-0.4, -0.2) is 16.1 Å². The van der Waals surface area contributed by atoms with Crippen LogP contribution >= 0.6 is 34.8 Å². The standard InChI is InChI=1S/C13H7Cl3FNO2/c14-7-3-6(4-8(15)13(7)16)10-2-1-9(17)11(18-10)5-12(19)20/h1-4H,5H2,(H,19,20). The fraction of sp³-hybridized carbons (Fsp3) is 0.0769. The topological polar surface area (TPSA) is 50.2 Å². The van der Waals surface area contributed by atoms with Gasteiger partial charge in [-0.1, -0.05) is 34.8 Å². The molecule has 0 aliphatic carbocycles. The SMILES string of the molecule is O=C(O)Cc1nc(-c2cc(Cl)c(Cl)c(Cl)c2)ccc1F. The van der Waals surface area contributed by atoms with E-state index in [0.29, 0.717) is 11.3 Å². The maximum Gasteiger partial charge on any atom is 0.309 e. The van der Waals surface area contributed by atoms with Crippen molar-refractivity contribution in [3.63, 3.8) is 0 Å². The van der Waals surface area contributed by atoms with Crippen LogP contribution in [0.1, 0.15) is 5.69 Å². The monoisotopic (exact) mass is 333 g/mol. The highest BCUT2D eigenvalue weighted by atomic mass is 35.5. The number of carboxylic acid groups (broad SMARTS) is 1. The number of aliphatic carboxylic acids is 1. The van der Waals surface area contributed by atoms with Gasteiger partial charge in [-0.25, -0.2) is 9.37 Å². The average molecular weight is 335 g/mol. The number of carboxylic acids is 1. The van der Waals surface area contributed by atoms with E-state index in [1.54, 1.807) is 0 Å². The zero-order valence-electron chi connectivity index (χ0n) is 9.83. The number of pyridine rings is 1. The van der Waals surface area contributed by atoms with Gasteiger partial charge in [0.15, 0.2) is 0 Å². The van der Waals surface area contributed by atoms with Crippen molar-refractivity contribution in [2.75, 3.05) is 0 Å². The van der Waals surface area contributed by atoms with Crippen LogP contribution < -0.4 is 0 Å². The van der Waals surface area contributed by atoms with Gasteiger partial charge in [0.1, 0.15) is 5.82 Å². The molecule has 0 fully saturated rings. The van der Waals surface area contributed by atoms with Crippen LogP contribution in [0.3, 0.4) is 0 Å². The van der Waals surface area contributed by atoms with Gasteiger partial charge in [-0.2, -0.15) is 0 Å². The molecule has 2 rings (SSSR count). The summed E-state index contributed by atoms with van der Waals surface area (Å²) in [5, 5.41) is 9.40. The van der Waals surface area contributed by atoms with Crippen molar-refractivity contribution in [2.24, 2.45) is 0 Å². The number of benzene rings is 1. The molecule has 0 saturated carbocycles. The summed E-state index contributed by atoms with van der Waals surface area (Å²) in [6, 6.07) is 5.62. The molecular weight excluding hydrogens is 328 g/mol. The van der Waals surface area contributed by atoms with Gasteiger partial charge in [0.05, 0.1) is 32.9 Å². The zero-order valence-corrected chi connectivity index (χ0v) is 12.1. The molecule has 0 saturated heterocycles. The molecule has 0 spiro atoms. The Morgan fingerprint density at radius 1 is 1.20 bits per heavy atom. The number of nitrogens with zero attached hydrogens (tertiary/aromatic N) is 1. The molecule has 1 aromatic carbocycles. The first-order valence-corrected chi connectivity index (χ1v) is 6.54. The first kappa shape index (κ1) is 15.0. The summed E-state index contributed by atoms with van der Waals surface area (Å²) in [5.74, 6) is -1.84. The van der Waals surface area contributed by atoms with Gasteiger partial charge in [-0.05, 0) is 24.3 Å². The Morgan fingerprint density at radius 2 is 1.80 bits per heavy atom. The minimum atomic E-state index is -1.17. The van der Waals surface area contributed by atoms with Gasteiger partial charge in [-0.15, -0.1) is 0 Å². The van der Waals surface area contributed by atoms with Crippen molar-refractivity contribution < 1.29 is 14.3 Å². The highest BCUT2D eigenvalue weighted by Crippen LogP contribution is 2.34. The van der Waals surface area contributed by atoms with Crippen molar-refractivity contribution in [3.05, 3.63) is 50.8 Å². The molecule has 2 aromatic rings. The molecule has 20 heavy (non-hydrogen) atoms. The van der Waals surface area contributed by atoms with Crippen molar-refractivity contribution in [1.29, 1.82) is 0 Å². The van der Waals surface area contributed by atoms with Gasteiger partial charge >= 0.3 is 5.97 Å². The second-order valence-electron chi connectivity index (χ2n) is 3.95. The summed E-state index contributed by atoms with van der Waals surface area (Å²) in [6.07, 6.45) is -0.505. The predicted octanol–water partition coefficient (Wildman–Crippen LogP) is 4.48. The molecule has 0 aliphatic rings. The second-order valence-corrected chi connectivity index (χ2v) is 5.14. The highest BCUT2D eigenvalue weighted by Gasteiger charge is 2.13. The van der Waals surface area contributed by atoms with Crippen LogP contribution in [0.25, 0.3) is 11.3 Å². The zero-order chi connectivity index (χ0) is 14.9. The van der Waals surface area contributed by atoms with Gasteiger partial charge < -0.3 is 5.11 Å². The van der Waals surface area contributed by atoms with Crippen LogP contribution in [0.5, 0.6) is 0 Å². The van der Waals surface area contributed by atoms with E-state index in [1.165, 1.54) is 18.2 Å². The van der Waals surface area contributed by atoms with Crippen LogP contribution in [0, 0.1) is 5.82 Å². The molecule has 1 heterocycles. The maximum atomic E-state index is 13.5. The normalized spacial score (nSPS) is 10.6. The van der Waals surface area contributed by atoms with Crippen molar-refractivity contribution >= 4 is 40.8 Å². The second kappa shape index (κ2) is 5.95. The Hall–Kier alpha value is -1.36. The molecule has 0 bridgehead atoms. The smallest absolute Gasteiger partial charge is 0.309 e. The molecular formula is C13H7Cl3FNO2. The molecule has 1 N–H and O–H groups in total. The molecule has 0 radical (unpaired) electrons. The third-order valence-electron chi connectivity index (χ3n) is 2.52. The number of hydrogen-bond donors (Lipinski definition) is 1. The lowest BCUT2D eigenvalue weighted by Crippen LogP contribution is -2.05. The summed E-state index contributed by atoms with van der Waals surface area (Å²) in [5.41, 5.74) is 0.733. The van der Waals surface area contributed by atoms with E-state index in [2.05, 4.69) is 4.98 Å². The molecule has 7 heteroatoms. The third kappa shape index (κ3) is 3.20. The molecule has 104 valence electrons.